The van der Waals surface area contributed by atoms with Crippen LogP contribution < -0.4 is 0 Å². The normalized spacial score (nSPS) is 20.6. The highest BCUT2D eigenvalue weighted by Crippen LogP contribution is 2.37. The monoisotopic (exact) mass is 342 g/mol. The lowest BCUT2D eigenvalue weighted by Crippen LogP contribution is -2.47. The molecule has 0 bridgehead atoms. The quantitative estimate of drug-likeness (QED) is 0.848. The third kappa shape index (κ3) is 3.70. The van der Waals surface area contributed by atoms with Crippen molar-refractivity contribution in [2.24, 2.45) is 5.41 Å². The van der Waals surface area contributed by atoms with E-state index in [2.05, 4.69) is 11.9 Å². The largest absolute Gasteiger partial charge is 0.469 e. The second kappa shape index (κ2) is 7.30. The first-order valence-corrected chi connectivity index (χ1v) is 8.96. The van der Waals surface area contributed by atoms with Gasteiger partial charge in [0.25, 0.3) is 0 Å². The van der Waals surface area contributed by atoms with Crippen molar-refractivity contribution in [3.8, 4) is 0 Å². The van der Waals surface area contributed by atoms with Crippen molar-refractivity contribution in [1.29, 1.82) is 0 Å². The summed E-state index contributed by atoms with van der Waals surface area (Å²) in [6.07, 6.45) is 5.48. The zero-order valence-electron chi connectivity index (χ0n) is 15.0. The number of amides is 1. The zero-order valence-corrected chi connectivity index (χ0v) is 15.0. The van der Waals surface area contributed by atoms with Gasteiger partial charge in [0.15, 0.2) is 0 Å². The molecule has 134 valence electrons. The van der Waals surface area contributed by atoms with Crippen LogP contribution in [-0.2, 0) is 20.7 Å². The van der Waals surface area contributed by atoms with Gasteiger partial charge in [0.1, 0.15) is 0 Å². The summed E-state index contributed by atoms with van der Waals surface area (Å²) in [5.74, 6) is -0.0556. The number of fused-ring (bicyclic) bond motifs is 1. The Morgan fingerprint density at radius 3 is 2.88 bits per heavy atom. The number of esters is 1. The fraction of sp³-hybridized carbons (Fsp3) is 0.500. The van der Waals surface area contributed by atoms with Gasteiger partial charge < -0.3 is 14.6 Å². The number of aromatic nitrogens is 1. The number of likely N-dealkylation sites (tertiary alicyclic amines) is 1. The molecule has 1 fully saturated rings. The standard InChI is InChI=1S/C20H26N2O3/c1-3-20(12-19(24)25-2)9-6-10-22(14-20)18(23)11-15-13-21-17-8-5-4-7-16(15)17/h4-5,7-8,13,21H,3,6,9-12,14H2,1-2H3/t20-/m1/s1. The number of rotatable bonds is 5. The highest BCUT2D eigenvalue weighted by atomic mass is 16.5. The van der Waals surface area contributed by atoms with Crippen LogP contribution >= 0.6 is 0 Å². The average molecular weight is 342 g/mol. The van der Waals surface area contributed by atoms with E-state index in [-0.39, 0.29) is 17.3 Å². The Labute approximate surface area is 148 Å². The minimum absolute atomic E-state index is 0.132. The Kier molecular flexibility index (Phi) is 5.11. The molecule has 3 rings (SSSR count). The van der Waals surface area contributed by atoms with Crippen molar-refractivity contribution in [1.82, 2.24) is 9.88 Å². The lowest BCUT2D eigenvalue weighted by atomic mass is 9.75. The number of nitrogens with zero attached hydrogens (tertiary/aromatic N) is 1. The Morgan fingerprint density at radius 2 is 2.12 bits per heavy atom. The van der Waals surface area contributed by atoms with E-state index in [4.69, 9.17) is 4.74 Å². The smallest absolute Gasteiger partial charge is 0.306 e. The fourth-order valence-corrected chi connectivity index (χ4v) is 3.91. The van der Waals surface area contributed by atoms with Gasteiger partial charge in [0.05, 0.1) is 20.0 Å². The third-order valence-corrected chi connectivity index (χ3v) is 5.53. The molecule has 0 radical (unpaired) electrons. The van der Waals surface area contributed by atoms with Crippen LogP contribution in [0.3, 0.4) is 0 Å². The van der Waals surface area contributed by atoms with Crippen molar-refractivity contribution in [3.05, 3.63) is 36.0 Å². The van der Waals surface area contributed by atoms with Gasteiger partial charge in [-0.3, -0.25) is 9.59 Å². The molecule has 1 aromatic heterocycles. The van der Waals surface area contributed by atoms with Crippen LogP contribution in [0.25, 0.3) is 10.9 Å². The molecule has 25 heavy (non-hydrogen) atoms. The van der Waals surface area contributed by atoms with Crippen molar-refractivity contribution < 1.29 is 14.3 Å². The van der Waals surface area contributed by atoms with Gasteiger partial charge in [-0.1, -0.05) is 25.1 Å². The van der Waals surface area contributed by atoms with Crippen LogP contribution in [0.15, 0.2) is 30.5 Å². The number of carbonyl (C=O) groups is 2. The highest BCUT2D eigenvalue weighted by Gasteiger charge is 2.37. The average Bonchev–Trinajstić information content (AvgIpc) is 3.05. The first kappa shape index (κ1) is 17.5. The zero-order chi connectivity index (χ0) is 17.9. The predicted octanol–water partition coefficient (Wildman–Crippen LogP) is 3.29. The summed E-state index contributed by atoms with van der Waals surface area (Å²) in [6, 6.07) is 8.03. The maximum absolute atomic E-state index is 12.9. The number of nitrogens with one attached hydrogen (secondary N) is 1. The first-order chi connectivity index (χ1) is 12.1. The molecule has 1 saturated heterocycles. The molecule has 0 unspecified atom stereocenters. The van der Waals surface area contributed by atoms with Crippen molar-refractivity contribution in [3.63, 3.8) is 0 Å². The molecule has 1 N–H and O–H groups in total. The summed E-state index contributed by atoms with van der Waals surface area (Å²) in [6.45, 7) is 3.50. The number of hydrogen-bond donors (Lipinski definition) is 1. The maximum atomic E-state index is 12.9. The van der Waals surface area contributed by atoms with E-state index in [9.17, 15) is 9.59 Å². The SMILES string of the molecule is CC[C@]1(CC(=O)OC)CCCN(C(=O)Cc2c[nH]c3ccccc23)C1. The molecule has 5 heteroatoms. The van der Waals surface area contributed by atoms with Gasteiger partial charge in [-0.15, -0.1) is 0 Å². The molecule has 1 aliphatic rings. The van der Waals surface area contributed by atoms with E-state index in [0.717, 1.165) is 42.3 Å². The minimum Gasteiger partial charge on any atom is -0.469 e. The summed E-state index contributed by atoms with van der Waals surface area (Å²) in [5, 5.41) is 1.10. The number of piperidine rings is 1. The van der Waals surface area contributed by atoms with Crippen LogP contribution in [0.5, 0.6) is 0 Å². The Bertz CT molecular complexity index is 767. The summed E-state index contributed by atoms with van der Waals surface area (Å²) in [4.78, 5) is 29.8. The van der Waals surface area contributed by atoms with Gasteiger partial charge >= 0.3 is 5.97 Å². The van der Waals surface area contributed by atoms with Gasteiger partial charge in [0, 0.05) is 30.2 Å². The molecule has 1 aliphatic heterocycles. The minimum atomic E-state index is -0.187. The predicted molar refractivity (Wildman–Crippen MR) is 97.2 cm³/mol. The van der Waals surface area contributed by atoms with E-state index >= 15 is 0 Å². The number of para-hydroxylation sites is 1. The van der Waals surface area contributed by atoms with Gasteiger partial charge in [-0.25, -0.2) is 0 Å². The second-order valence-corrected chi connectivity index (χ2v) is 7.06. The third-order valence-electron chi connectivity index (χ3n) is 5.53. The van der Waals surface area contributed by atoms with Crippen LogP contribution in [0.1, 0.15) is 38.2 Å². The molecule has 2 aromatic rings. The number of carbonyl (C=O) groups excluding carboxylic acids is 2. The molecule has 1 aromatic carbocycles. The number of benzene rings is 1. The number of aromatic amines is 1. The fourth-order valence-electron chi connectivity index (χ4n) is 3.91. The van der Waals surface area contributed by atoms with Crippen molar-refractivity contribution >= 4 is 22.8 Å². The van der Waals surface area contributed by atoms with E-state index in [1.165, 1.54) is 7.11 Å². The molecule has 0 aliphatic carbocycles. The lowest BCUT2D eigenvalue weighted by molar-refractivity contribution is -0.147. The molecule has 0 spiro atoms. The molecule has 1 atom stereocenters. The van der Waals surface area contributed by atoms with E-state index in [1.54, 1.807) is 0 Å². The highest BCUT2D eigenvalue weighted by molar-refractivity contribution is 5.89. The second-order valence-electron chi connectivity index (χ2n) is 7.06. The molecule has 1 amide bonds. The Hall–Kier alpha value is -2.30. The van der Waals surface area contributed by atoms with E-state index in [0.29, 0.717) is 19.4 Å². The molecule has 0 saturated carbocycles. The van der Waals surface area contributed by atoms with E-state index in [1.807, 2.05) is 35.4 Å². The van der Waals surface area contributed by atoms with Gasteiger partial charge in [-0.2, -0.15) is 0 Å². The van der Waals surface area contributed by atoms with Crippen LogP contribution in [0, 0.1) is 5.41 Å². The summed E-state index contributed by atoms with van der Waals surface area (Å²) >= 11 is 0. The summed E-state index contributed by atoms with van der Waals surface area (Å²) < 4.78 is 4.86. The Morgan fingerprint density at radius 1 is 1.32 bits per heavy atom. The van der Waals surface area contributed by atoms with Crippen molar-refractivity contribution in [2.45, 2.75) is 39.0 Å². The summed E-state index contributed by atoms with van der Waals surface area (Å²) in [5.41, 5.74) is 1.93. The maximum Gasteiger partial charge on any atom is 0.306 e. The Balaban J connectivity index is 1.72. The lowest BCUT2D eigenvalue weighted by Gasteiger charge is -2.42. The number of H-pyrrole nitrogens is 1. The van der Waals surface area contributed by atoms with Crippen LogP contribution in [0.2, 0.25) is 0 Å². The molecular formula is C20H26N2O3. The van der Waals surface area contributed by atoms with Gasteiger partial charge in [-0.05, 0) is 36.3 Å². The molecule has 5 nitrogen and oxygen atoms in total. The summed E-state index contributed by atoms with van der Waals surface area (Å²) in [7, 11) is 1.43. The number of hydrogen-bond acceptors (Lipinski definition) is 3. The molecule has 2 heterocycles. The number of ether oxygens (including phenoxy) is 1. The van der Waals surface area contributed by atoms with Crippen LogP contribution in [0.4, 0.5) is 0 Å². The van der Waals surface area contributed by atoms with Crippen molar-refractivity contribution in [2.75, 3.05) is 20.2 Å². The van der Waals surface area contributed by atoms with Crippen LogP contribution in [-0.4, -0.2) is 42.0 Å². The topological polar surface area (TPSA) is 62.4 Å². The number of methoxy groups -OCH3 is 1. The first-order valence-electron chi connectivity index (χ1n) is 8.96. The van der Waals surface area contributed by atoms with E-state index < -0.39 is 0 Å². The van der Waals surface area contributed by atoms with Gasteiger partial charge in [0.2, 0.25) is 5.91 Å². The molecular weight excluding hydrogens is 316 g/mol.